The van der Waals surface area contributed by atoms with Gasteiger partial charge in [0.15, 0.2) is 0 Å². The summed E-state index contributed by atoms with van der Waals surface area (Å²) in [4.78, 5) is 0. The van der Waals surface area contributed by atoms with Crippen molar-refractivity contribution in [3.8, 4) is 33.8 Å². The predicted octanol–water partition coefficient (Wildman–Crippen LogP) is 5.77. The molecule has 122 valence electrons. The molecule has 3 aromatic carbocycles. The number of unbranched alkanes of at least 4 members (excludes halogenated alkanes) is 1. The summed E-state index contributed by atoms with van der Waals surface area (Å²) in [5.74, 6) is 0.544. The summed E-state index contributed by atoms with van der Waals surface area (Å²) >= 11 is 0. The van der Waals surface area contributed by atoms with Crippen LogP contribution >= 0.6 is 0 Å². The lowest BCUT2D eigenvalue weighted by molar-refractivity contribution is 0.475. The standard InChI is InChI=1S/C22H22O2/c1-2-3-5-17-6-4-7-21(16-8-12-19(23)13-9-16)22(17)18-10-14-20(24)15-11-18/h4,6-15,23-24H,2-3,5H2,1H3. The third kappa shape index (κ3) is 3.43. The molecule has 0 atom stereocenters. The highest BCUT2D eigenvalue weighted by molar-refractivity contribution is 5.86. The van der Waals surface area contributed by atoms with Gasteiger partial charge in [0, 0.05) is 0 Å². The van der Waals surface area contributed by atoms with Gasteiger partial charge in [-0.25, -0.2) is 0 Å². The molecule has 0 heterocycles. The molecule has 24 heavy (non-hydrogen) atoms. The van der Waals surface area contributed by atoms with Crippen molar-refractivity contribution in [3.63, 3.8) is 0 Å². The Balaban J connectivity index is 2.17. The summed E-state index contributed by atoms with van der Waals surface area (Å²) in [7, 11) is 0. The highest BCUT2D eigenvalue weighted by atomic mass is 16.3. The molecule has 2 nitrogen and oxygen atoms in total. The van der Waals surface area contributed by atoms with Gasteiger partial charge in [-0.2, -0.15) is 0 Å². The molecule has 0 spiro atoms. The first kappa shape index (κ1) is 16.1. The summed E-state index contributed by atoms with van der Waals surface area (Å²) in [6.07, 6.45) is 3.32. The molecule has 0 aliphatic carbocycles. The fourth-order valence-corrected chi connectivity index (χ4v) is 3.03. The van der Waals surface area contributed by atoms with E-state index in [1.807, 2.05) is 24.3 Å². The monoisotopic (exact) mass is 318 g/mol. The molecule has 0 aliphatic rings. The Hall–Kier alpha value is -2.74. The fourth-order valence-electron chi connectivity index (χ4n) is 3.03. The van der Waals surface area contributed by atoms with E-state index in [-0.39, 0.29) is 11.5 Å². The number of hydrogen-bond acceptors (Lipinski definition) is 2. The number of aryl methyl sites for hydroxylation is 1. The van der Waals surface area contributed by atoms with E-state index in [0.29, 0.717) is 0 Å². The van der Waals surface area contributed by atoms with Crippen LogP contribution in [0, 0.1) is 0 Å². The van der Waals surface area contributed by atoms with Gasteiger partial charge in [0.05, 0.1) is 0 Å². The zero-order valence-electron chi connectivity index (χ0n) is 13.9. The topological polar surface area (TPSA) is 40.5 Å². The third-order valence-electron chi connectivity index (χ3n) is 4.28. The minimum absolute atomic E-state index is 0.270. The second-order valence-corrected chi connectivity index (χ2v) is 6.04. The van der Waals surface area contributed by atoms with Crippen molar-refractivity contribution in [3.05, 3.63) is 72.3 Å². The van der Waals surface area contributed by atoms with Gasteiger partial charge in [-0.15, -0.1) is 0 Å². The Kier molecular flexibility index (Phi) is 4.85. The van der Waals surface area contributed by atoms with E-state index in [2.05, 4.69) is 25.1 Å². The average Bonchev–Trinajstić information content (AvgIpc) is 2.61. The van der Waals surface area contributed by atoms with Crippen LogP contribution in [0.3, 0.4) is 0 Å². The maximum Gasteiger partial charge on any atom is 0.115 e. The molecule has 0 amide bonds. The Morgan fingerprint density at radius 1 is 0.708 bits per heavy atom. The minimum Gasteiger partial charge on any atom is -0.508 e. The highest BCUT2D eigenvalue weighted by Crippen LogP contribution is 2.36. The number of phenols is 2. The second-order valence-electron chi connectivity index (χ2n) is 6.04. The Morgan fingerprint density at radius 3 is 1.88 bits per heavy atom. The van der Waals surface area contributed by atoms with Crippen molar-refractivity contribution < 1.29 is 10.2 Å². The average molecular weight is 318 g/mol. The molecule has 0 saturated heterocycles. The molecular formula is C22H22O2. The van der Waals surface area contributed by atoms with Crippen LogP contribution in [0.5, 0.6) is 11.5 Å². The van der Waals surface area contributed by atoms with Gasteiger partial charge in [-0.1, -0.05) is 55.8 Å². The van der Waals surface area contributed by atoms with E-state index in [0.717, 1.165) is 36.0 Å². The van der Waals surface area contributed by atoms with Gasteiger partial charge in [0.2, 0.25) is 0 Å². The summed E-state index contributed by atoms with van der Waals surface area (Å²) in [6.45, 7) is 2.20. The molecule has 0 radical (unpaired) electrons. The molecular weight excluding hydrogens is 296 g/mol. The van der Waals surface area contributed by atoms with Crippen LogP contribution in [0.1, 0.15) is 25.3 Å². The summed E-state index contributed by atoms with van der Waals surface area (Å²) in [6, 6.07) is 21.1. The van der Waals surface area contributed by atoms with E-state index in [1.165, 1.54) is 11.1 Å². The number of aromatic hydroxyl groups is 2. The van der Waals surface area contributed by atoms with Crippen LogP contribution in [-0.2, 0) is 6.42 Å². The Bertz CT molecular complexity index is 802. The van der Waals surface area contributed by atoms with Crippen molar-refractivity contribution in [1.82, 2.24) is 0 Å². The van der Waals surface area contributed by atoms with Crippen molar-refractivity contribution in [2.75, 3.05) is 0 Å². The van der Waals surface area contributed by atoms with Gasteiger partial charge in [0.1, 0.15) is 11.5 Å². The van der Waals surface area contributed by atoms with Crippen molar-refractivity contribution in [2.24, 2.45) is 0 Å². The molecule has 0 aliphatic heterocycles. The number of benzene rings is 3. The molecule has 0 unspecified atom stereocenters. The maximum atomic E-state index is 9.60. The summed E-state index contributed by atoms with van der Waals surface area (Å²) < 4.78 is 0. The lowest BCUT2D eigenvalue weighted by Gasteiger charge is -2.16. The van der Waals surface area contributed by atoms with E-state index in [1.54, 1.807) is 24.3 Å². The summed E-state index contributed by atoms with van der Waals surface area (Å²) in [5, 5.41) is 19.2. The van der Waals surface area contributed by atoms with Crippen LogP contribution in [0.4, 0.5) is 0 Å². The number of phenolic OH excluding ortho intramolecular Hbond substituents is 2. The first-order valence-electron chi connectivity index (χ1n) is 8.39. The zero-order valence-corrected chi connectivity index (χ0v) is 13.9. The van der Waals surface area contributed by atoms with E-state index < -0.39 is 0 Å². The Labute approximate surface area is 143 Å². The molecule has 3 rings (SSSR count). The molecule has 2 N–H and O–H groups in total. The zero-order chi connectivity index (χ0) is 16.9. The largest absolute Gasteiger partial charge is 0.508 e. The SMILES string of the molecule is CCCCc1cccc(-c2ccc(O)cc2)c1-c1ccc(O)cc1. The van der Waals surface area contributed by atoms with Crippen molar-refractivity contribution in [2.45, 2.75) is 26.2 Å². The lowest BCUT2D eigenvalue weighted by atomic mass is 9.88. The fraction of sp³-hybridized carbons (Fsp3) is 0.182. The van der Waals surface area contributed by atoms with Crippen LogP contribution < -0.4 is 0 Å². The minimum atomic E-state index is 0.270. The van der Waals surface area contributed by atoms with Gasteiger partial charge in [-0.3, -0.25) is 0 Å². The molecule has 0 aromatic heterocycles. The molecule has 0 fully saturated rings. The van der Waals surface area contributed by atoms with Gasteiger partial charge in [-0.05, 0) is 64.9 Å². The highest BCUT2D eigenvalue weighted by Gasteiger charge is 2.12. The van der Waals surface area contributed by atoms with Gasteiger partial charge >= 0.3 is 0 Å². The number of rotatable bonds is 5. The van der Waals surface area contributed by atoms with Crippen LogP contribution in [0.25, 0.3) is 22.3 Å². The molecule has 2 heteroatoms. The van der Waals surface area contributed by atoms with Crippen molar-refractivity contribution >= 4 is 0 Å². The van der Waals surface area contributed by atoms with E-state index in [9.17, 15) is 10.2 Å². The summed E-state index contributed by atoms with van der Waals surface area (Å²) in [5.41, 5.74) is 5.84. The first-order valence-corrected chi connectivity index (χ1v) is 8.39. The molecule has 0 saturated carbocycles. The van der Waals surface area contributed by atoms with Gasteiger partial charge in [0.25, 0.3) is 0 Å². The van der Waals surface area contributed by atoms with Crippen LogP contribution in [-0.4, -0.2) is 10.2 Å². The van der Waals surface area contributed by atoms with Crippen LogP contribution in [0.15, 0.2) is 66.7 Å². The molecule has 0 bridgehead atoms. The lowest BCUT2D eigenvalue weighted by Crippen LogP contribution is -1.94. The number of hydrogen-bond donors (Lipinski definition) is 2. The van der Waals surface area contributed by atoms with Gasteiger partial charge < -0.3 is 10.2 Å². The van der Waals surface area contributed by atoms with E-state index in [4.69, 9.17) is 0 Å². The normalized spacial score (nSPS) is 10.7. The Morgan fingerprint density at radius 2 is 1.29 bits per heavy atom. The quantitative estimate of drug-likeness (QED) is 0.626. The van der Waals surface area contributed by atoms with Crippen molar-refractivity contribution in [1.29, 1.82) is 0 Å². The van der Waals surface area contributed by atoms with Crippen LogP contribution in [0.2, 0.25) is 0 Å². The second kappa shape index (κ2) is 7.22. The maximum absolute atomic E-state index is 9.60. The smallest absolute Gasteiger partial charge is 0.115 e. The first-order chi connectivity index (χ1) is 11.7. The molecule has 3 aromatic rings. The third-order valence-corrected chi connectivity index (χ3v) is 4.28. The van der Waals surface area contributed by atoms with E-state index >= 15 is 0 Å². The predicted molar refractivity (Wildman–Crippen MR) is 99.3 cm³/mol.